The van der Waals surface area contributed by atoms with Crippen molar-refractivity contribution in [3.8, 4) is 0 Å². The number of hydrogen-bond donors (Lipinski definition) is 2. The van der Waals surface area contributed by atoms with Crippen molar-refractivity contribution >= 4 is 0 Å². The molecule has 0 aromatic heterocycles. The maximum absolute atomic E-state index is 5.71. The second-order valence-electron chi connectivity index (χ2n) is 4.63. The molecule has 0 saturated carbocycles. The topological polar surface area (TPSA) is 47.3 Å². The first-order valence-electron chi connectivity index (χ1n) is 6.06. The predicted octanol–water partition coefficient (Wildman–Crippen LogP) is 2.50. The van der Waals surface area contributed by atoms with Crippen LogP contribution in [0.15, 0.2) is 30.0 Å². The summed E-state index contributed by atoms with van der Waals surface area (Å²) in [6, 6.07) is 6.52. The molecule has 1 heterocycles. The molecule has 0 saturated heterocycles. The summed E-state index contributed by atoms with van der Waals surface area (Å²) in [4.78, 5) is 0. The van der Waals surface area contributed by atoms with Gasteiger partial charge < -0.3 is 4.74 Å². The molecule has 3 nitrogen and oxygen atoms in total. The van der Waals surface area contributed by atoms with Gasteiger partial charge >= 0.3 is 0 Å². The molecule has 0 amide bonds. The Morgan fingerprint density at radius 1 is 1.35 bits per heavy atom. The standard InChI is InChI=1S/C14H20N2O/c1-10-5-6-11(2)13(8-10)14(16-15)12-4-3-7-17-9-12/h5-6,8-9,14,16H,3-4,7,15H2,1-2H3. The van der Waals surface area contributed by atoms with Gasteiger partial charge in [-0.3, -0.25) is 5.84 Å². The van der Waals surface area contributed by atoms with E-state index in [-0.39, 0.29) is 6.04 Å². The van der Waals surface area contributed by atoms with E-state index in [1.165, 1.54) is 22.3 Å². The zero-order valence-electron chi connectivity index (χ0n) is 10.5. The molecule has 17 heavy (non-hydrogen) atoms. The summed E-state index contributed by atoms with van der Waals surface area (Å²) in [6.45, 7) is 5.03. The quantitative estimate of drug-likeness (QED) is 0.622. The van der Waals surface area contributed by atoms with Crippen molar-refractivity contribution in [2.45, 2.75) is 32.7 Å². The third kappa shape index (κ3) is 2.68. The second kappa shape index (κ2) is 5.34. The molecule has 3 N–H and O–H groups in total. The van der Waals surface area contributed by atoms with Gasteiger partial charge in [0.1, 0.15) is 0 Å². The van der Waals surface area contributed by atoms with Crippen molar-refractivity contribution in [2.24, 2.45) is 5.84 Å². The number of ether oxygens (including phenoxy) is 1. The van der Waals surface area contributed by atoms with Crippen molar-refractivity contribution in [1.29, 1.82) is 0 Å². The second-order valence-corrected chi connectivity index (χ2v) is 4.63. The maximum atomic E-state index is 5.71. The molecule has 0 fully saturated rings. The van der Waals surface area contributed by atoms with Gasteiger partial charge in [-0.15, -0.1) is 0 Å². The molecule has 1 aliphatic heterocycles. The van der Waals surface area contributed by atoms with Crippen molar-refractivity contribution in [3.05, 3.63) is 46.7 Å². The number of nitrogens with one attached hydrogen (secondary N) is 1. The van der Waals surface area contributed by atoms with E-state index in [2.05, 4.69) is 37.5 Å². The zero-order chi connectivity index (χ0) is 12.3. The van der Waals surface area contributed by atoms with Gasteiger partial charge in [-0.2, -0.15) is 0 Å². The van der Waals surface area contributed by atoms with Crippen LogP contribution in [0.3, 0.4) is 0 Å². The molecule has 3 heteroatoms. The first-order chi connectivity index (χ1) is 8.22. The van der Waals surface area contributed by atoms with Crippen LogP contribution in [0.1, 0.15) is 35.6 Å². The summed E-state index contributed by atoms with van der Waals surface area (Å²) in [5, 5.41) is 0. The van der Waals surface area contributed by atoms with Crippen LogP contribution in [0, 0.1) is 13.8 Å². The molecule has 1 aromatic carbocycles. The number of hydrogen-bond acceptors (Lipinski definition) is 3. The van der Waals surface area contributed by atoms with Crippen LogP contribution in [0.4, 0.5) is 0 Å². The van der Waals surface area contributed by atoms with Gasteiger partial charge in [-0.25, -0.2) is 5.43 Å². The number of aryl methyl sites for hydroxylation is 2. The van der Waals surface area contributed by atoms with E-state index in [0.29, 0.717) is 0 Å². The van der Waals surface area contributed by atoms with E-state index in [1.807, 2.05) is 6.26 Å². The summed E-state index contributed by atoms with van der Waals surface area (Å²) in [7, 11) is 0. The molecular formula is C14H20N2O. The summed E-state index contributed by atoms with van der Waals surface area (Å²) in [5.74, 6) is 5.71. The van der Waals surface area contributed by atoms with Crippen molar-refractivity contribution in [3.63, 3.8) is 0 Å². The molecule has 1 aromatic rings. The van der Waals surface area contributed by atoms with Crippen LogP contribution in [-0.2, 0) is 4.74 Å². The fraction of sp³-hybridized carbons (Fsp3) is 0.429. The minimum atomic E-state index is 0.0650. The Kier molecular flexibility index (Phi) is 3.82. The lowest BCUT2D eigenvalue weighted by molar-refractivity contribution is 0.219. The zero-order valence-corrected chi connectivity index (χ0v) is 10.5. The van der Waals surface area contributed by atoms with Gasteiger partial charge in [0.15, 0.2) is 0 Å². The highest BCUT2D eigenvalue weighted by molar-refractivity contribution is 5.37. The first-order valence-corrected chi connectivity index (χ1v) is 6.06. The molecule has 0 aliphatic carbocycles. The highest BCUT2D eigenvalue weighted by Crippen LogP contribution is 2.29. The number of rotatable bonds is 3. The van der Waals surface area contributed by atoms with Gasteiger partial charge in [-0.1, -0.05) is 23.8 Å². The molecule has 2 rings (SSSR count). The van der Waals surface area contributed by atoms with E-state index in [9.17, 15) is 0 Å². The Morgan fingerprint density at radius 3 is 2.82 bits per heavy atom. The van der Waals surface area contributed by atoms with E-state index >= 15 is 0 Å². The Balaban J connectivity index is 2.34. The summed E-state index contributed by atoms with van der Waals surface area (Å²) in [5.41, 5.74) is 7.88. The Morgan fingerprint density at radius 2 is 2.18 bits per heavy atom. The van der Waals surface area contributed by atoms with E-state index < -0.39 is 0 Å². The van der Waals surface area contributed by atoms with E-state index in [0.717, 1.165) is 19.4 Å². The number of nitrogens with two attached hydrogens (primary N) is 1. The van der Waals surface area contributed by atoms with Gasteiger partial charge in [-0.05, 0) is 43.4 Å². The largest absolute Gasteiger partial charge is 0.501 e. The average molecular weight is 232 g/mol. The van der Waals surface area contributed by atoms with E-state index in [4.69, 9.17) is 10.6 Å². The lowest BCUT2D eigenvalue weighted by Crippen LogP contribution is -2.31. The Labute approximate surface area is 103 Å². The summed E-state index contributed by atoms with van der Waals surface area (Å²) in [6.07, 6.45) is 3.97. The van der Waals surface area contributed by atoms with Gasteiger partial charge in [0, 0.05) is 0 Å². The molecule has 1 unspecified atom stereocenters. The fourth-order valence-corrected chi connectivity index (χ4v) is 2.26. The molecule has 1 aliphatic rings. The smallest absolute Gasteiger partial charge is 0.0876 e. The van der Waals surface area contributed by atoms with Crippen molar-refractivity contribution < 1.29 is 4.74 Å². The number of hydrazine groups is 1. The molecular weight excluding hydrogens is 212 g/mol. The van der Waals surface area contributed by atoms with Gasteiger partial charge in [0.05, 0.1) is 18.9 Å². The Hall–Kier alpha value is -1.32. The SMILES string of the molecule is Cc1ccc(C)c(C(NN)C2=COCCC2)c1. The van der Waals surface area contributed by atoms with Crippen LogP contribution in [0.25, 0.3) is 0 Å². The summed E-state index contributed by atoms with van der Waals surface area (Å²) < 4.78 is 5.40. The monoisotopic (exact) mass is 232 g/mol. The average Bonchev–Trinajstić information content (AvgIpc) is 2.36. The van der Waals surface area contributed by atoms with Gasteiger partial charge in [0.25, 0.3) is 0 Å². The molecule has 1 atom stereocenters. The number of benzene rings is 1. The predicted molar refractivity (Wildman–Crippen MR) is 69.2 cm³/mol. The lowest BCUT2D eigenvalue weighted by Gasteiger charge is -2.24. The third-order valence-corrected chi connectivity index (χ3v) is 3.25. The van der Waals surface area contributed by atoms with Crippen LogP contribution < -0.4 is 11.3 Å². The fourth-order valence-electron chi connectivity index (χ4n) is 2.26. The van der Waals surface area contributed by atoms with Crippen LogP contribution in [0.2, 0.25) is 0 Å². The van der Waals surface area contributed by atoms with E-state index in [1.54, 1.807) is 0 Å². The lowest BCUT2D eigenvalue weighted by atomic mass is 9.92. The highest BCUT2D eigenvalue weighted by atomic mass is 16.5. The Bertz CT molecular complexity index is 426. The maximum Gasteiger partial charge on any atom is 0.0876 e. The first kappa shape index (κ1) is 12.1. The van der Waals surface area contributed by atoms with Crippen molar-refractivity contribution in [1.82, 2.24) is 5.43 Å². The normalized spacial score (nSPS) is 17.2. The minimum absolute atomic E-state index is 0.0650. The molecule has 0 radical (unpaired) electrons. The molecule has 0 bridgehead atoms. The van der Waals surface area contributed by atoms with Crippen LogP contribution in [-0.4, -0.2) is 6.61 Å². The third-order valence-electron chi connectivity index (χ3n) is 3.25. The van der Waals surface area contributed by atoms with Crippen LogP contribution in [0.5, 0.6) is 0 Å². The van der Waals surface area contributed by atoms with Gasteiger partial charge in [0.2, 0.25) is 0 Å². The minimum Gasteiger partial charge on any atom is -0.501 e. The van der Waals surface area contributed by atoms with Crippen molar-refractivity contribution in [2.75, 3.05) is 6.61 Å². The highest BCUT2D eigenvalue weighted by Gasteiger charge is 2.19. The van der Waals surface area contributed by atoms with Crippen LogP contribution >= 0.6 is 0 Å². The molecule has 92 valence electrons. The molecule has 0 spiro atoms. The summed E-state index contributed by atoms with van der Waals surface area (Å²) >= 11 is 0.